The summed E-state index contributed by atoms with van der Waals surface area (Å²) in [5, 5.41) is 8.15. The number of aromatic nitrogens is 3. The molecule has 9 aromatic rings. The first kappa shape index (κ1) is 38.5. The van der Waals surface area contributed by atoms with Crippen molar-refractivity contribution in [1.29, 1.82) is 0 Å². The molecule has 0 aliphatic carbocycles. The van der Waals surface area contributed by atoms with Crippen molar-refractivity contribution in [2.45, 2.75) is 26.2 Å². The van der Waals surface area contributed by atoms with Crippen LogP contribution < -0.4 is 25.2 Å². The lowest BCUT2D eigenvalue weighted by atomic mass is 9.63. The molecule has 0 amide bonds. The van der Waals surface area contributed by atoms with Gasteiger partial charge < -0.3 is 29.7 Å². The molecule has 0 spiro atoms. The lowest BCUT2D eigenvalue weighted by molar-refractivity contribution is 0.483. The Morgan fingerprint density at radius 3 is 2.01 bits per heavy atom. The Hall–Kier alpha value is -9.14. The number of anilines is 4. The van der Waals surface area contributed by atoms with E-state index < -0.39 is 25.1 Å². The van der Waals surface area contributed by atoms with Crippen LogP contribution in [-0.4, -0.2) is 35.3 Å². The van der Waals surface area contributed by atoms with Crippen molar-refractivity contribution in [2.75, 3.05) is 16.5 Å². The van der Waals surface area contributed by atoms with Gasteiger partial charge in [0.25, 0.3) is 0 Å². The summed E-state index contributed by atoms with van der Waals surface area (Å²) in [6.45, 7) is 4.15. The van der Waals surface area contributed by atoms with Gasteiger partial charge in [0, 0.05) is 64.5 Å². The van der Waals surface area contributed by atoms with Gasteiger partial charge in [-0.25, -0.2) is 4.98 Å². The van der Waals surface area contributed by atoms with Gasteiger partial charge in [0.05, 0.1) is 46.0 Å². The number of hydrogen-bond acceptors (Lipinski definition) is 6. The summed E-state index contributed by atoms with van der Waals surface area (Å²) >= 11 is 0. The normalized spacial score (nSPS) is 20.2. The summed E-state index contributed by atoms with van der Waals surface area (Å²) in [4.78, 5) is 9.43. The van der Waals surface area contributed by atoms with E-state index >= 15 is 0 Å². The molecule has 0 bridgehead atoms. The van der Waals surface area contributed by atoms with Gasteiger partial charge in [-0.05, 0) is 118 Å². The van der Waals surface area contributed by atoms with Gasteiger partial charge in [-0.3, -0.25) is 4.57 Å². The van der Waals surface area contributed by atoms with Gasteiger partial charge >= 0.3 is 0 Å². The van der Waals surface area contributed by atoms with Crippen LogP contribution in [0.5, 0.6) is 11.5 Å². The van der Waals surface area contributed by atoms with Crippen molar-refractivity contribution in [1.82, 2.24) is 24.8 Å². The minimum atomic E-state index is -2.59. The van der Waals surface area contributed by atoms with Crippen LogP contribution in [0.4, 0.5) is 22.7 Å². The Bertz CT molecular complexity index is 4250. The molecule has 12 rings (SSSR count). The van der Waals surface area contributed by atoms with Crippen LogP contribution >= 0.6 is 0 Å². The smallest absolute Gasteiger partial charge is 0.215 e. The van der Waals surface area contributed by atoms with E-state index in [9.17, 15) is 2.74 Å². The standard InChI is InChI=1S/C65H55B2N7O/c1-65(2,3)47-29-32-58-54(41-47)51-31-30-49(43-62(51)74(58)64-70-57-25-8-9-26-59(57)71(64)4)75-50-40-46(45-19-6-5-7-20-45)39-48(42-50)72-44-73(61-28-11-10-27-60(61)72)63-52(55-23-17-37-68-35-14-12-33-66-55)21-16-22-53(63)56-24-18-38-69-36-15-13-34-67-56/h5-43,68-69H,44H2,1-4H3/b33-12-,34-13-,35-14-,36-15-,37-17-,38-18-,55-23-,56-24-/i4D3,5D,6D,7D,19D,20D. The largest absolute Gasteiger partial charge is 0.457 e. The Morgan fingerprint density at radius 1 is 0.600 bits per heavy atom. The molecular weight excluding hydrogens is 916 g/mol. The first-order valence-corrected chi connectivity index (χ1v) is 24.9. The number of aryl methyl sites for hydroxylation is 1. The minimum absolute atomic E-state index is 0.0151. The van der Waals surface area contributed by atoms with E-state index in [1.807, 2.05) is 132 Å². The number of allylic oxidation sites excluding steroid dienone is 8. The molecular formula is C65H55B2N7O. The summed E-state index contributed by atoms with van der Waals surface area (Å²) < 4.78 is 81.1. The van der Waals surface area contributed by atoms with Gasteiger partial charge in [-0.1, -0.05) is 135 Å². The summed E-state index contributed by atoms with van der Waals surface area (Å²) in [5.41, 5.74) is 10.8. The zero-order valence-corrected chi connectivity index (χ0v) is 41.6. The zero-order valence-electron chi connectivity index (χ0n) is 49.6. The second kappa shape index (κ2) is 20.0. The van der Waals surface area contributed by atoms with Crippen molar-refractivity contribution in [3.63, 3.8) is 0 Å². The van der Waals surface area contributed by atoms with Crippen molar-refractivity contribution in [2.24, 2.45) is 6.98 Å². The van der Waals surface area contributed by atoms with E-state index in [-0.39, 0.29) is 35.7 Å². The molecule has 0 fully saturated rings. The Labute approximate surface area is 451 Å². The molecule has 5 heterocycles. The second-order valence-corrected chi connectivity index (χ2v) is 19.4. The van der Waals surface area contributed by atoms with E-state index in [1.54, 1.807) is 24.3 Å². The number of nitrogens with one attached hydrogen (secondary N) is 2. The molecule has 75 heavy (non-hydrogen) atoms. The van der Waals surface area contributed by atoms with E-state index in [4.69, 9.17) is 17.9 Å². The van der Waals surface area contributed by atoms with Crippen LogP contribution in [0.3, 0.4) is 0 Å². The van der Waals surface area contributed by atoms with Crippen molar-refractivity contribution < 1.29 is 15.7 Å². The average molecular weight is 980 g/mol. The van der Waals surface area contributed by atoms with E-state index in [0.717, 1.165) is 61.0 Å². The fourth-order valence-electron chi connectivity index (χ4n) is 9.97. The molecule has 0 atom stereocenters. The van der Waals surface area contributed by atoms with Crippen LogP contribution in [0.1, 0.15) is 48.4 Å². The average Bonchev–Trinajstić information content (AvgIpc) is 1.86. The summed E-state index contributed by atoms with van der Waals surface area (Å²) in [6, 6.07) is 37.0. The SMILES string of the molecule is [2H]c1c([2H])c([2H])c(-c2cc(Oc3ccc4c5cc(C(C)(C)C)ccc5n(-c5nc6ccccc6n5C([2H])([2H])[2H])c4c3)cc(N3CN(c4c(/C5=C/C=C\N/C=C\C=C/[B]5)cccc4/C4=C/C=C\N/C=C\C=C/[B]4)c4ccccc43)c2)c([2H])c1[2H]. The van der Waals surface area contributed by atoms with Crippen LogP contribution in [0.2, 0.25) is 0 Å². The highest BCUT2D eigenvalue weighted by molar-refractivity contribution is 6.67. The first-order valence-electron chi connectivity index (χ1n) is 28.9. The maximum atomic E-state index is 9.22. The van der Waals surface area contributed by atoms with Crippen molar-refractivity contribution >= 4 is 81.1 Å². The van der Waals surface area contributed by atoms with Gasteiger partial charge in [-0.15, -0.1) is 12.0 Å². The number of fused-ring (bicyclic) bond motifs is 5. The van der Waals surface area contributed by atoms with Gasteiger partial charge in [0.1, 0.15) is 18.2 Å². The molecule has 2 N–H and O–H groups in total. The van der Waals surface area contributed by atoms with Gasteiger partial charge in [0.15, 0.2) is 14.6 Å². The molecule has 3 aliphatic heterocycles. The number of rotatable bonds is 8. The molecule has 2 aromatic heterocycles. The topological polar surface area (TPSA) is 62.5 Å². The predicted octanol–water partition coefficient (Wildman–Crippen LogP) is 15.1. The number of benzene rings is 7. The fourth-order valence-corrected chi connectivity index (χ4v) is 9.97. The number of para-hydroxylation sites is 5. The lowest BCUT2D eigenvalue weighted by Crippen LogP contribution is -2.26. The molecule has 8 nitrogen and oxygen atoms in total. The molecule has 0 unspecified atom stereocenters. The number of nitrogens with zero attached hydrogens (tertiary/aromatic N) is 5. The fraction of sp³-hybridized carbons (Fsp3) is 0.0923. The second-order valence-electron chi connectivity index (χ2n) is 19.4. The highest BCUT2D eigenvalue weighted by Crippen LogP contribution is 2.49. The maximum absolute atomic E-state index is 9.22. The molecule has 2 radical (unpaired) electrons. The third-order valence-corrected chi connectivity index (χ3v) is 13.6. The summed E-state index contributed by atoms with van der Waals surface area (Å²) in [5.74, 6) is 4.96. The summed E-state index contributed by atoms with van der Waals surface area (Å²) in [7, 11) is 4.19. The third kappa shape index (κ3) is 9.20. The van der Waals surface area contributed by atoms with Crippen LogP contribution in [-0.2, 0) is 12.4 Å². The highest BCUT2D eigenvalue weighted by atomic mass is 16.5. The minimum Gasteiger partial charge on any atom is -0.457 e. The Balaban J connectivity index is 1.05. The quantitative estimate of drug-likeness (QED) is 0.148. The Kier molecular flexibility index (Phi) is 10.3. The lowest BCUT2D eigenvalue weighted by Gasteiger charge is -2.28. The number of ether oxygens (including phenoxy) is 1. The van der Waals surface area contributed by atoms with Gasteiger partial charge in [0.2, 0.25) is 5.95 Å². The maximum Gasteiger partial charge on any atom is 0.215 e. The van der Waals surface area contributed by atoms with Crippen molar-refractivity contribution in [3.05, 3.63) is 254 Å². The Morgan fingerprint density at radius 2 is 1.29 bits per heavy atom. The predicted molar refractivity (Wildman–Crippen MR) is 316 cm³/mol. The molecule has 10 heteroatoms. The molecule has 7 aromatic carbocycles. The molecule has 3 aliphatic rings. The van der Waals surface area contributed by atoms with E-state index in [0.29, 0.717) is 39.3 Å². The molecule has 0 saturated carbocycles. The van der Waals surface area contributed by atoms with Crippen LogP contribution in [0.15, 0.2) is 237 Å². The zero-order chi connectivity index (χ0) is 57.7. The van der Waals surface area contributed by atoms with Gasteiger partial charge in [-0.2, -0.15) is 0 Å². The van der Waals surface area contributed by atoms with Crippen LogP contribution in [0, 0.1) is 0 Å². The summed E-state index contributed by atoms with van der Waals surface area (Å²) in [6.07, 6.45) is 23.4. The first-order chi connectivity index (χ1) is 40.0. The monoisotopic (exact) mass is 980 g/mol. The van der Waals surface area contributed by atoms with E-state index in [1.165, 1.54) is 4.57 Å². The van der Waals surface area contributed by atoms with Crippen molar-refractivity contribution in [3.8, 4) is 28.6 Å². The number of imidazole rings is 1. The van der Waals surface area contributed by atoms with E-state index in [2.05, 4.69) is 110 Å². The highest BCUT2D eigenvalue weighted by Gasteiger charge is 2.32. The molecule has 0 saturated heterocycles. The third-order valence-electron chi connectivity index (χ3n) is 13.6. The molecule has 362 valence electrons. The number of hydrogen-bond donors (Lipinski definition) is 2. The van der Waals surface area contributed by atoms with Crippen LogP contribution in [0.25, 0.3) is 60.9 Å².